The molecule has 0 spiro atoms. The number of carbonyl (C=O) groups excluding carboxylic acids is 1. The number of ketones is 1. The van der Waals surface area contributed by atoms with Gasteiger partial charge in [0.1, 0.15) is 11.9 Å². The van der Waals surface area contributed by atoms with Crippen molar-refractivity contribution in [1.82, 2.24) is 4.90 Å². The summed E-state index contributed by atoms with van der Waals surface area (Å²) in [6.45, 7) is 0.760. The molecule has 20 heavy (non-hydrogen) atoms. The quantitative estimate of drug-likeness (QED) is 0.790. The van der Waals surface area contributed by atoms with Crippen LogP contribution in [-0.2, 0) is 4.79 Å². The maximum Gasteiger partial charge on any atom is 0.162 e. The summed E-state index contributed by atoms with van der Waals surface area (Å²) in [4.78, 5) is 15.4. The minimum absolute atomic E-state index is 0.101. The normalized spacial score (nSPS) is 20.9. The van der Waals surface area contributed by atoms with Crippen molar-refractivity contribution in [2.75, 3.05) is 6.54 Å². The summed E-state index contributed by atoms with van der Waals surface area (Å²) in [5.41, 5.74) is 0.480. The Hall–Kier alpha value is -1.29. The molecule has 1 unspecified atom stereocenters. The van der Waals surface area contributed by atoms with E-state index in [1.807, 2.05) is 4.90 Å². The van der Waals surface area contributed by atoms with Crippen LogP contribution in [0.1, 0.15) is 43.7 Å². The lowest BCUT2D eigenvalue weighted by Crippen LogP contribution is -2.41. The summed E-state index contributed by atoms with van der Waals surface area (Å²) in [6.07, 6.45) is 4.78. The average molecular weight is 291 g/mol. The topological polar surface area (TPSA) is 20.3 Å². The first-order chi connectivity index (χ1) is 9.68. The second-order valence-electron chi connectivity index (χ2n) is 5.64. The number of carbonyl (C=O) groups is 1. The van der Waals surface area contributed by atoms with E-state index in [1.54, 1.807) is 18.2 Å². The highest BCUT2D eigenvalue weighted by molar-refractivity contribution is 7.80. The van der Waals surface area contributed by atoms with Crippen molar-refractivity contribution in [1.29, 1.82) is 0 Å². The summed E-state index contributed by atoms with van der Waals surface area (Å²) >= 11 is 5.42. The number of likely N-dealkylation sites (tertiary alicyclic amines) is 1. The van der Waals surface area contributed by atoms with Crippen LogP contribution < -0.4 is 0 Å². The Balaban J connectivity index is 1.97. The molecule has 4 heteroatoms. The van der Waals surface area contributed by atoms with Gasteiger partial charge in [0, 0.05) is 18.0 Å². The van der Waals surface area contributed by atoms with E-state index < -0.39 is 6.04 Å². The molecule has 0 bridgehead atoms. The Morgan fingerprint density at radius 1 is 1.30 bits per heavy atom. The number of halogens is 1. The van der Waals surface area contributed by atoms with Crippen LogP contribution in [0.15, 0.2) is 24.3 Å². The van der Waals surface area contributed by atoms with Crippen LogP contribution in [0.5, 0.6) is 0 Å². The predicted molar refractivity (Wildman–Crippen MR) is 80.0 cm³/mol. The molecular weight excluding hydrogens is 273 g/mol. The molecule has 2 aliphatic rings. The van der Waals surface area contributed by atoms with Gasteiger partial charge in [0.15, 0.2) is 5.78 Å². The third-order valence-electron chi connectivity index (χ3n) is 4.12. The number of rotatable bonds is 4. The zero-order chi connectivity index (χ0) is 14.1. The molecule has 3 rings (SSSR count). The number of nitrogens with zero attached hydrogens (tertiary/aromatic N) is 1. The third-order valence-corrected chi connectivity index (χ3v) is 4.56. The minimum atomic E-state index is -0.517. The molecule has 1 aromatic carbocycles. The van der Waals surface area contributed by atoms with Crippen molar-refractivity contribution in [3.8, 4) is 0 Å². The van der Waals surface area contributed by atoms with Gasteiger partial charge in [-0.25, -0.2) is 4.39 Å². The molecule has 1 atom stereocenters. The molecule has 1 aromatic rings. The SMILES string of the molecule is O=C(C1CC1)C(c1ccccc1F)N1CCCCC1=S. The minimum Gasteiger partial charge on any atom is -0.352 e. The smallest absolute Gasteiger partial charge is 0.162 e. The Bertz CT molecular complexity index is 541. The summed E-state index contributed by atoms with van der Waals surface area (Å²) in [7, 11) is 0. The molecule has 0 amide bonds. The van der Waals surface area contributed by atoms with E-state index in [-0.39, 0.29) is 17.5 Å². The maximum atomic E-state index is 14.1. The van der Waals surface area contributed by atoms with Crippen molar-refractivity contribution in [3.05, 3.63) is 35.6 Å². The first kappa shape index (κ1) is 13.7. The highest BCUT2D eigenvalue weighted by atomic mass is 32.1. The van der Waals surface area contributed by atoms with Gasteiger partial charge < -0.3 is 4.90 Å². The van der Waals surface area contributed by atoms with E-state index in [1.165, 1.54) is 6.07 Å². The van der Waals surface area contributed by atoms with Crippen LogP contribution in [0, 0.1) is 11.7 Å². The third kappa shape index (κ3) is 2.62. The largest absolute Gasteiger partial charge is 0.352 e. The van der Waals surface area contributed by atoms with E-state index in [0.717, 1.165) is 43.6 Å². The lowest BCUT2D eigenvalue weighted by molar-refractivity contribution is -0.124. The first-order valence-electron chi connectivity index (χ1n) is 7.26. The highest BCUT2D eigenvalue weighted by Crippen LogP contribution is 2.39. The van der Waals surface area contributed by atoms with Crippen LogP contribution in [-0.4, -0.2) is 22.2 Å². The Morgan fingerprint density at radius 2 is 2.05 bits per heavy atom. The second kappa shape index (κ2) is 5.60. The van der Waals surface area contributed by atoms with Crippen LogP contribution in [0.2, 0.25) is 0 Å². The zero-order valence-corrected chi connectivity index (χ0v) is 12.2. The summed E-state index contributed by atoms with van der Waals surface area (Å²) < 4.78 is 14.1. The van der Waals surface area contributed by atoms with Crippen molar-refractivity contribution in [3.63, 3.8) is 0 Å². The fourth-order valence-corrected chi connectivity index (χ4v) is 3.20. The van der Waals surface area contributed by atoms with E-state index >= 15 is 0 Å². The summed E-state index contributed by atoms with van der Waals surface area (Å²) in [5, 5.41) is 0. The van der Waals surface area contributed by atoms with E-state index in [0.29, 0.717) is 5.56 Å². The molecule has 1 aliphatic heterocycles. The monoisotopic (exact) mass is 291 g/mol. The zero-order valence-electron chi connectivity index (χ0n) is 11.3. The van der Waals surface area contributed by atoms with Crippen molar-refractivity contribution in [2.24, 2.45) is 5.92 Å². The summed E-state index contributed by atoms with van der Waals surface area (Å²) in [6, 6.07) is 6.08. The van der Waals surface area contributed by atoms with Gasteiger partial charge in [-0.1, -0.05) is 30.4 Å². The van der Waals surface area contributed by atoms with Gasteiger partial charge in [-0.05, 0) is 38.2 Å². The summed E-state index contributed by atoms with van der Waals surface area (Å²) in [5.74, 6) is -0.0662. The molecule has 1 saturated carbocycles. The van der Waals surface area contributed by atoms with Gasteiger partial charge in [0.2, 0.25) is 0 Å². The van der Waals surface area contributed by atoms with Gasteiger partial charge >= 0.3 is 0 Å². The second-order valence-corrected chi connectivity index (χ2v) is 6.12. The Kier molecular flexibility index (Phi) is 3.83. The first-order valence-corrected chi connectivity index (χ1v) is 7.67. The molecule has 106 valence electrons. The Labute approximate surface area is 124 Å². The van der Waals surface area contributed by atoms with Crippen LogP contribution >= 0.6 is 12.2 Å². The Morgan fingerprint density at radius 3 is 2.70 bits per heavy atom. The van der Waals surface area contributed by atoms with Crippen molar-refractivity contribution in [2.45, 2.75) is 38.1 Å². The lowest BCUT2D eigenvalue weighted by atomic mass is 9.95. The molecule has 2 fully saturated rings. The van der Waals surface area contributed by atoms with Crippen LogP contribution in [0.25, 0.3) is 0 Å². The molecule has 1 aliphatic carbocycles. The van der Waals surface area contributed by atoms with Crippen LogP contribution in [0.3, 0.4) is 0 Å². The van der Waals surface area contributed by atoms with Gasteiger partial charge in [0.05, 0.1) is 4.99 Å². The number of thiocarbonyl (C=S) groups is 1. The van der Waals surface area contributed by atoms with Gasteiger partial charge in [-0.2, -0.15) is 0 Å². The highest BCUT2D eigenvalue weighted by Gasteiger charge is 2.40. The molecule has 0 aromatic heterocycles. The molecule has 0 radical (unpaired) electrons. The molecule has 0 N–H and O–H groups in total. The average Bonchev–Trinajstić information content (AvgIpc) is 3.27. The number of hydrogen-bond donors (Lipinski definition) is 0. The molecule has 2 nitrogen and oxygen atoms in total. The van der Waals surface area contributed by atoms with Gasteiger partial charge in [0.25, 0.3) is 0 Å². The number of Topliss-reactive ketones (excluding diaryl/α,β-unsaturated/α-hetero) is 1. The fraction of sp³-hybridized carbons (Fsp3) is 0.500. The lowest BCUT2D eigenvalue weighted by Gasteiger charge is -2.36. The molecule has 1 heterocycles. The van der Waals surface area contributed by atoms with Crippen molar-refractivity contribution < 1.29 is 9.18 Å². The number of hydrogen-bond acceptors (Lipinski definition) is 2. The van der Waals surface area contributed by atoms with Gasteiger partial charge in [-0.15, -0.1) is 0 Å². The van der Waals surface area contributed by atoms with E-state index in [4.69, 9.17) is 12.2 Å². The number of benzene rings is 1. The van der Waals surface area contributed by atoms with Crippen molar-refractivity contribution >= 4 is 23.0 Å². The standard InChI is InChI=1S/C16H18FNOS/c17-13-6-2-1-5-12(13)15(16(19)11-8-9-11)18-10-4-3-7-14(18)20/h1-2,5-6,11,15H,3-4,7-10H2. The molecule has 1 saturated heterocycles. The fourth-order valence-electron chi connectivity index (χ4n) is 2.86. The maximum absolute atomic E-state index is 14.1. The predicted octanol–water partition coefficient (Wildman–Crippen LogP) is 3.66. The molecular formula is C16H18FNOS. The number of piperidine rings is 1. The van der Waals surface area contributed by atoms with E-state index in [9.17, 15) is 9.18 Å². The van der Waals surface area contributed by atoms with E-state index in [2.05, 4.69) is 0 Å². The van der Waals surface area contributed by atoms with Crippen LogP contribution in [0.4, 0.5) is 4.39 Å². The van der Waals surface area contributed by atoms with Gasteiger partial charge in [-0.3, -0.25) is 4.79 Å².